The summed E-state index contributed by atoms with van der Waals surface area (Å²) in [5.41, 5.74) is 3.34. The van der Waals surface area contributed by atoms with Crippen molar-refractivity contribution in [1.29, 1.82) is 0 Å². The van der Waals surface area contributed by atoms with E-state index in [-0.39, 0.29) is 18.4 Å². The summed E-state index contributed by atoms with van der Waals surface area (Å²) in [5, 5.41) is 9.89. The second-order valence-electron chi connectivity index (χ2n) is 8.12. The predicted molar refractivity (Wildman–Crippen MR) is 123 cm³/mol. The van der Waals surface area contributed by atoms with Crippen molar-refractivity contribution >= 4 is 23.1 Å². The van der Waals surface area contributed by atoms with E-state index in [9.17, 15) is 14.4 Å². The van der Waals surface area contributed by atoms with Gasteiger partial charge < -0.3 is 10.6 Å². The molecule has 2 aromatic heterocycles. The van der Waals surface area contributed by atoms with Gasteiger partial charge in [-0.25, -0.2) is 13.9 Å². The molecule has 2 N–H and O–H groups in total. The maximum Gasteiger partial charge on any atom is 0.350 e. The number of carbonyl (C=O) groups is 2. The van der Waals surface area contributed by atoms with Crippen LogP contribution >= 0.6 is 0 Å². The normalized spacial score (nSPS) is 13.6. The zero-order valence-corrected chi connectivity index (χ0v) is 18.1. The van der Waals surface area contributed by atoms with Gasteiger partial charge in [0.05, 0.1) is 5.56 Å². The van der Waals surface area contributed by atoms with Crippen molar-refractivity contribution in [1.82, 2.24) is 19.5 Å². The summed E-state index contributed by atoms with van der Waals surface area (Å²) in [6.07, 6.45) is 9.20. The minimum Gasteiger partial charge on any atom is -0.354 e. The van der Waals surface area contributed by atoms with Crippen LogP contribution in [0.4, 0.5) is 5.69 Å². The average molecular weight is 434 g/mol. The third kappa shape index (κ3) is 5.14. The summed E-state index contributed by atoms with van der Waals surface area (Å²) in [7, 11) is 0. The number of aromatic nitrogens is 3. The lowest BCUT2D eigenvalue weighted by atomic mass is 9.97. The van der Waals surface area contributed by atoms with E-state index in [4.69, 9.17) is 0 Å². The number of nitrogens with one attached hydrogen (secondary N) is 2. The smallest absolute Gasteiger partial charge is 0.350 e. The Balaban J connectivity index is 1.41. The highest BCUT2D eigenvalue weighted by atomic mass is 16.2. The second kappa shape index (κ2) is 9.64. The predicted octanol–water partition coefficient (Wildman–Crippen LogP) is 3.06. The first-order valence-corrected chi connectivity index (χ1v) is 10.9. The zero-order valence-electron chi connectivity index (χ0n) is 18.1. The van der Waals surface area contributed by atoms with Crippen molar-refractivity contribution in [3.63, 3.8) is 0 Å². The van der Waals surface area contributed by atoms with E-state index >= 15 is 0 Å². The molecule has 1 aromatic carbocycles. The van der Waals surface area contributed by atoms with Crippen LogP contribution in [0.1, 0.15) is 48.0 Å². The number of nitrogens with zero attached hydrogens (tertiary/aromatic N) is 3. The van der Waals surface area contributed by atoms with Gasteiger partial charge in [-0.05, 0) is 68.9 Å². The highest BCUT2D eigenvalue weighted by Crippen LogP contribution is 2.19. The largest absolute Gasteiger partial charge is 0.354 e. The molecule has 1 aliphatic rings. The van der Waals surface area contributed by atoms with Crippen LogP contribution in [-0.4, -0.2) is 32.5 Å². The Hall–Kier alpha value is -3.68. The van der Waals surface area contributed by atoms with Gasteiger partial charge in [0.15, 0.2) is 5.65 Å². The van der Waals surface area contributed by atoms with Gasteiger partial charge in [0.1, 0.15) is 6.54 Å². The summed E-state index contributed by atoms with van der Waals surface area (Å²) in [6, 6.07) is 10.7. The highest BCUT2D eigenvalue weighted by molar-refractivity contribution is 6.04. The molecule has 8 nitrogen and oxygen atoms in total. The van der Waals surface area contributed by atoms with Crippen molar-refractivity contribution in [2.24, 2.45) is 0 Å². The molecular formula is C24H27N5O3. The fourth-order valence-corrected chi connectivity index (χ4v) is 3.87. The van der Waals surface area contributed by atoms with Gasteiger partial charge >= 0.3 is 5.69 Å². The van der Waals surface area contributed by atoms with Crippen molar-refractivity contribution in [3.8, 4) is 0 Å². The van der Waals surface area contributed by atoms with Crippen molar-refractivity contribution in [3.05, 3.63) is 75.9 Å². The Morgan fingerprint density at radius 1 is 1.16 bits per heavy atom. The third-order valence-electron chi connectivity index (χ3n) is 5.56. The van der Waals surface area contributed by atoms with Gasteiger partial charge in [0.25, 0.3) is 5.91 Å². The zero-order chi connectivity index (χ0) is 22.5. The Labute approximate surface area is 185 Å². The average Bonchev–Trinajstić information content (AvgIpc) is 3.09. The van der Waals surface area contributed by atoms with Gasteiger partial charge in [-0.15, -0.1) is 5.10 Å². The van der Waals surface area contributed by atoms with E-state index in [0.717, 1.165) is 29.5 Å². The van der Waals surface area contributed by atoms with Crippen LogP contribution in [0.2, 0.25) is 0 Å². The molecule has 166 valence electrons. The van der Waals surface area contributed by atoms with Crippen LogP contribution in [0.25, 0.3) is 5.65 Å². The van der Waals surface area contributed by atoms with E-state index in [1.54, 1.807) is 18.2 Å². The van der Waals surface area contributed by atoms with E-state index < -0.39 is 5.69 Å². The van der Waals surface area contributed by atoms with E-state index in [0.29, 0.717) is 23.4 Å². The van der Waals surface area contributed by atoms with Gasteiger partial charge in [0.2, 0.25) is 5.91 Å². The standard InChI is InChI=1S/C24H27N5O3/c1-17-6-5-9-20(14-17)26-23(31)19-10-11-21-27-29(24(32)28(21)15-19)16-22(30)25-13-12-18-7-3-2-4-8-18/h5-7,9-11,14-15H,2-4,8,12-13,16H2,1H3,(H,25,30)(H,26,31). The number of carbonyl (C=O) groups excluding carboxylic acids is 2. The summed E-state index contributed by atoms with van der Waals surface area (Å²) in [6.45, 7) is 2.33. The SMILES string of the molecule is Cc1cccc(NC(=O)c2ccc3nn(CC(=O)NCCC4=CCCCC4)c(=O)n3c2)c1. The maximum absolute atomic E-state index is 12.7. The van der Waals surface area contributed by atoms with Gasteiger partial charge in [-0.1, -0.05) is 23.8 Å². The minimum absolute atomic E-state index is 0.162. The molecule has 0 radical (unpaired) electrons. The first-order chi connectivity index (χ1) is 15.5. The number of anilines is 1. The van der Waals surface area contributed by atoms with E-state index in [1.807, 2.05) is 25.1 Å². The molecule has 0 atom stereocenters. The van der Waals surface area contributed by atoms with Gasteiger partial charge in [0, 0.05) is 18.4 Å². The minimum atomic E-state index is -0.463. The van der Waals surface area contributed by atoms with Gasteiger partial charge in [-0.3, -0.25) is 9.59 Å². The number of amides is 2. The van der Waals surface area contributed by atoms with Gasteiger partial charge in [-0.2, -0.15) is 0 Å². The van der Waals surface area contributed by atoms with Crippen LogP contribution < -0.4 is 16.3 Å². The molecule has 2 amide bonds. The van der Waals surface area contributed by atoms with Crippen LogP contribution in [0.3, 0.4) is 0 Å². The first-order valence-electron chi connectivity index (χ1n) is 10.9. The van der Waals surface area contributed by atoms with Crippen LogP contribution in [-0.2, 0) is 11.3 Å². The summed E-state index contributed by atoms with van der Waals surface area (Å²) >= 11 is 0. The quantitative estimate of drug-likeness (QED) is 0.560. The molecule has 0 fully saturated rings. The van der Waals surface area contributed by atoms with Crippen molar-refractivity contribution < 1.29 is 9.59 Å². The fraction of sp³-hybridized carbons (Fsp3) is 0.333. The molecule has 4 rings (SSSR count). The molecule has 0 bridgehead atoms. The first kappa shape index (κ1) is 21.5. The molecule has 8 heteroatoms. The maximum atomic E-state index is 12.7. The molecule has 0 unspecified atom stereocenters. The second-order valence-corrected chi connectivity index (χ2v) is 8.12. The Morgan fingerprint density at radius 2 is 2.03 bits per heavy atom. The molecule has 0 saturated heterocycles. The lowest BCUT2D eigenvalue weighted by molar-refractivity contribution is -0.121. The topological polar surface area (TPSA) is 97.5 Å². The molecule has 3 aromatic rings. The lowest BCUT2D eigenvalue weighted by Gasteiger charge is -2.12. The number of benzene rings is 1. The number of allylic oxidation sites excluding steroid dienone is 1. The summed E-state index contributed by atoms with van der Waals surface area (Å²) < 4.78 is 2.40. The third-order valence-corrected chi connectivity index (χ3v) is 5.56. The number of hydrogen-bond acceptors (Lipinski definition) is 4. The molecule has 0 spiro atoms. The molecule has 32 heavy (non-hydrogen) atoms. The number of rotatable bonds is 7. The Bertz CT molecular complexity index is 1240. The molecular weight excluding hydrogens is 406 g/mol. The van der Waals surface area contributed by atoms with Crippen LogP contribution in [0, 0.1) is 6.92 Å². The lowest BCUT2D eigenvalue weighted by Crippen LogP contribution is -2.33. The Kier molecular flexibility index (Phi) is 6.49. The highest BCUT2D eigenvalue weighted by Gasteiger charge is 2.14. The van der Waals surface area contributed by atoms with E-state index in [2.05, 4.69) is 21.8 Å². The monoisotopic (exact) mass is 433 g/mol. The molecule has 0 saturated carbocycles. The van der Waals surface area contributed by atoms with Crippen LogP contribution in [0.5, 0.6) is 0 Å². The number of fused-ring (bicyclic) bond motifs is 1. The van der Waals surface area contributed by atoms with Crippen LogP contribution in [0.15, 0.2) is 59.0 Å². The molecule has 1 aliphatic carbocycles. The Morgan fingerprint density at radius 3 is 2.81 bits per heavy atom. The molecule has 0 aliphatic heterocycles. The summed E-state index contributed by atoms with van der Waals surface area (Å²) in [4.78, 5) is 37.6. The molecule has 2 heterocycles. The number of hydrogen-bond donors (Lipinski definition) is 2. The number of aryl methyl sites for hydroxylation is 1. The fourth-order valence-electron chi connectivity index (χ4n) is 3.87. The summed E-state index contributed by atoms with van der Waals surface area (Å²) in [5.74, 6) is -0.587. The van der Waals surface area contributed by atoms with E-state index in [1.165, 1.54) is 29.0 Å². The van der Waals surface area contributed by atoms with Crippen molar-refractivity contribution in [2.45, 2.75) is 45.6 Å². The van der Waals surface area contributed by atoms with Crippen molar-refractivity contribution in [2.75, 3.05) is 11.9 Å². The number of pyridine rings is 1.